The Kier molecular flexibility index (Phi) is 3.61. The van der Waals surface area contributed by atoms with Crippen molar-refractivity contribution in [3.63, 3.8) is 0 Å². The second-order valence-corrected chi connectivity index (χ2v) is 6.18. The quantitative estimate of drug-likeness (QED) is 0.855. The molecule has 2 aliphatic rings. The molecule has 2 unspecified atom stereocenters. The molecule has 0 bridgehead atoms. The molecule has 5 heteroatoms. The fourth-order valence-electron chi connectivity index (χ4n) is 3.77. The second kappa shape index (κ2) is 5.47. The molecule has 2 aliphatic carbocycles. The summed E-state index contributed by atoms with van der Waals surface area (Å²) in [4.78, 5) is 0. The Morgan fingerprint density at radius 3 is 2.48 bits per heavy atom. The van der Waals surface area contributed by atoms with Crippen LogP contribution in [-0.2, 0) is 0 Å². The number of nitriles is 3. The van der Waals surface area contributed by atoms with Gasteiger partial charge in [-0.3, -0.25) is 0 Å². The Balaban J connectivity index is 2.35. The molecule has 112 valence electrons. The van der Waals surface area contributed by atoms with Crippen LogP contribution in [0.3, 0.4) is 0 Å². The van der Waals surface area contributed by atoms with Crippen LogP contribution in [0.2, 0.25) is 5.02 Å². The van der Waals surface area contributed by atoms with Gasteiger partial charge in [-0.15, -0.1) is 0 Å². The number of nitrogens with zero attached hydrogens (tertiary/aromatic N) is 3. The first-order valence-electron chi connectivity index (χ1n) is 7.28. The van der Waals surface area contributed by atoms with Crippen LogP contribution in [0.5, 0.6) is 0 Å². The average molecular weight is 321 g/mol. The zero-order chi connectivity index (χ0) is 16.6. The van der Waals surface area contributed by atoms with Crippen molar-refractivity contribution < 1.29 is 0 Å². The van der Waals surface area contributed by atoms with E-state index in [-0.39, 0.29) is 17.2 Å². The molecular weight excluding hydrogens is 308 g/mol. The van der Waals surface area contributed by atoms with E-state index in [4.69, 9.17) is 17.3 Å². The molecule has 0 aromatic heterocycles. The van der Waals surface area contributed by atoms with Gasteiger partial charge in [-0.25, -0.2) is 0 Å². The summed E-state index contributed by atoms with van der Waals surface area (Å²) in [6, 6.07) is 13.5. The highest BCUT2D eigenvalue weighted by atomic mass is 35.5. The maximum absolute atomic E-state index is 9.81. The average Bonchev–Trinajstić information content (AvgIpc) is 3.03. The molecule has 3 rings (SSSR count). The number of allylic oxidation sites excluding steroid dienone is 4. The largest absolute Gasteiger partial charge is 0.399 e. The van der Waals surface area contributed by atoms with E-state index in [1.807, 2.05) is 18.2 Å². The van der Waals surface area contributed by atoms with Gasteiger partial charge >= 0.3 is 0 Å². The molecule has 0 saturated carbocycles. The summed E-state index contributed by atoms with van der Waals surface area (Å²) in [6.45, 7) is 0. The fourth-order valence-corrected chi connectivity index (χ4v) is 4.02. The van der Waals surface area contributed by atoms with Crippen LogP contribution in [0.1, 0.15) is 24.3 Å². The van der Waals surface area contributed by atoms with Gasteiger partial charge < -0.3 is 5.73 Å². The summed E-state index contributed by atoms with van der Waals surface area (Å²) in [5, 5.41) is 29.6. The number of rotatable bonds is 1. The van der Waals surface area contributed by atoms with E-state index in [2.05, 4.69) is 18.2 Å². The Labute approximate surface area is 139 Å². The second-order valence-electron chi connectivity index (χ2n) is 5.77. The first-order chi connectivity index (χ1) is 11.1. The maximum atomic E-state index is 9.81. The molecule has 0 saturated heterocycles. The van der Waals surface area contributed by atoms with Gasteiger partial charge in [0.25, 0.3) is 0 Å². The molecule has 0 amide bonds. The van der Waals surface area contributed by atoms with Crippen LogP contribution < -0.4 is 5.73 Å². The molecular formula is C18H13ClN4. The molecule has 4 nitrogen and oxygen atoms in total. The lowest BCUT2D eigenvalue weighted by Gasteiger charge is -2.40. The number of halogens is 1. The van der Waals surface area contributed by atoms with E-state index >= 15 is 0 Å². The van der Waals surface area contributed by atoms with E-state index in [0.717, 1.165) is 24.0 Å². The number of fused-ring (bicyclic) bond motifs is 1. The summed E-state index contributed by atoms with van der Waals surface area (Å²) in [5.41, 5.74) is 6.46. The van der Waals surface area contributed by atoms with Crippen molar-refractivity contribution >= 4 is 11.6 Å². The molecule has 0 aliphatic heterocycles. The summed E-state index contributed by atoms with van der Waals surface area (Å²) >= 11 is 6.35. The summed E-state index contributed by atoms with van der Waals surface area (Å²) in [6.07, 6.45) is 3.56. The molecule has 0 fully saturated rings. The van der Waals surface area contributed by atoms with Crippen LogP contribution >= 0.6 is 11.6 Å². The SMILES string of the molecule is N#CC1=C(N)C(C#N)(C#N)C(c2ccccc2Cl)C2CCC=C12. The van der Waals surface area contributed by atoms with E-state index in [9.17, 15) is 15.8 Å². The van der Waals surface area contributed by atoms with E-state index in [0.29, 0.717) is 5.02 Å². The van der Waals surface area contributed by atoms with Crippen molar-refractivity contribution in [3.05, 3.63) is 57.8 Å². The normalized spacial score (nSPS) is 24.9. The lowest BCUT2D eigenvalue weighted by Crippen LogP contribution is -2.41. The number of hydrogen-bond acceptors (Lipinski definition) is 4. The number of nitrogens with two attached hydrogens (primary N) is 1. The number of hydrogen-bond donors (Lipinski definition) is 1. The molecule has 0 spiro atoms. The summed E-state index contributed by atoms with van der Waals surface area (Å²) in [5.74, 6) is -0.576. The zero-order valence-corrected chi connectivity index (χ0v) is 13.0. The summed E-state index contributed by atoms with van der Waals surface area (Å²) < 4.78 is 0. The van der Waals surface area contributed by atoms with Crippen LogP contribution in [0.25, 0.3) is 0 Å². The van der Waals surface area contributed by atoms with Crippen molar-refractivity contribution in [2.45, 2.75) is 18.8 Å². The Bertz CT molecular complexity index is 846. The lowest BCUT2D eigenvalue weighted by atomic mass is 9.59. The molecule has 1 aromatic rings. The minimum absolute atomic E-state index is 0.0410. The van der Waals surface area contributed by atoms with Crippen LogP contribution in [0.4, 0.5) is 0 Å². The van der Waals surface area contributed by atoms with Crippen molar-refractivity contribution in [1.82, 2.24) is 0 Å². The Hall–Kier alpha value is -2.74. The van der Waals surface area contributed by atoms with Gasteiger partial charge in [-0.05, 0) is 36.0 Å². The maximum Gasteiger partial charge on any atom is 0.191 e. The highest BCUT2D eigenvalue weighted by molar-refractivity contribution is 6.31. The molecule has 0 radical (unpaired) electrons. The van der Waals surface area contributed by atoms with Crippen LogP contribution in [0.15, 0.2) is 47.2 Å². The first-order valence-corrected chi connectivity index (χ1v) is 7.66. The third-order valence-electron chi connectivity index (χ3n) is 4.80. The first kappa shape index (κ1) is 15.2. The lowest BCUT2D eigenvalue weighted by molar-refractivity contribution is 0.345. The summed E-state index contributed by atoms with van der Waals surface area (Å²) in [7, 11) is 0. The zero-order valence-electron chi connectivity index (χ0n) is 12.3. The van der Waals surface area contributed by atoms with Crippen LogP contribution in [0, 0.1) is 45.3 Å². The van der Waals surface area contributed by atoms with Gasteiger partial charge in [0.15, 0.2) is 5.41 Å². The highest BCUT2D eigenvalue weighted by Crippen LogP contribution is 2.57. The van der Waals surface area contributed by atoms with Crippen molar-refractivity contribution in [2.24, 2.45) is 17.1 Å². The van der Waals surface area contributed by atoms with Gasteiger partial charge in [-0.2, -0.15) is 15.8 Å². The monoisotopic (exact) mass is 320 g/mol. The number of benzene rings is 1. The third kappa shape index (κ3) is 1.95. The topological polar surface area (TPSA) is 97.4 Å². The fraction of sp³-hybridized carbons (Fsp3) is 0.278. The Morgan fingerprint density at radius 2 is 1.87 bits per heavy atom. The highest BCUT2D eigenvalue weighted by Gasteiger charge is 2.54. The van der Waals surface area contributed by atoms with Crippen molar-refractivity contribution in [3.8, 4) is 18.2 Å². The van der Waals surface area contributed by atoms with Gasteiger partial charge in [0.2, 0.25) is 0 Å². The molecule has 1 aromatic carbocycles. The smallest absolute Gasteiger partial charge is 0.191 e. The van der Waals surface area contributed by atoms with Crippen molar-refractivity contribution in [1.29, 1.82) is 15.8 Å². The predicted molar refractivity (Wildman–Crippen MR) is 85.5 cm³/mol. The third-order valence-corrected chi connectivity index (χ3v) is 5.14. The predicted octanol–water partition coefficient (Wildman–Crippen LogP) is 3.54. The van der Waals surface area contributed by atoms with E-state index in [1.54, 1.807) is 12.1 Å². The van der Waals surface area contributed by atoms with Gasteiger partial charge in [0.05, 0.1) is 23.4 Å². The van der Waals surface area contributed by atoms with Gasteiger partial charge in [0, 0.05) is 10.9 Å². The molecule has 0 heterocycles. The molecule has 23 heavy (non-hydrogen) atoms. The minimum Gasteiger partial charge on any atom is -0.399 e. The standard InChI is InChI=1S/C18H13ClN4/c19-15-7-2-1-4-13(15)16-12-6-3-5-11(12)14(8-20)17(23)18(16,9-21)10-22/h1-2,4-5,7,12,16H,3,6,23H2. The molecule has 2 atom stereocenters. The minimum atomic E-state index is -1.58. The van der Waals surface area contributed by atoms with Gasteiger partial charge in [-0.1, -0.05) is 35.9 Å². The van der Waals surface area contributed by atoms with Crippen molar-refractivity contribution in [2.75, 3.05) is 0 Å². The Morgan fingerprint density at radius 1 is 1.17 bits per heavy atom. The van der Waals surface area contributed by atoms with Crippen LogP contribution in [-0.4, -0.2) is 0 Å². The van der Waals surface area contributed by atoms with E-state index < -0.39 is 11.3 Å². The van der Waals surface area contributed by atoms with Gasteiger partial charge in [0.1, 0.15) is 6.07 Å². The molecule has 2 N–H and O–H groups in total. The van der Waals surface area contributed by atoms with E-state index in [1.165, 1.54) is 0 Å².